The Labute approximate surface area is 113 Å². The molecule has 1 unspecified atom stereocenters. The number of anilines is 1. The first-order valence-electron chi connectivity index (χ1n) is 6.83. The molecule has 0 aliphatic carbocycles. The van der Waals surface area contributed by atoms with Crippen LogP contribution in [0.15, 0.2) is 24.3 Å². The lowest BCUT2D eigenvalue weighted by atomic mass is 9.95. The van der Waals surface area contributed by atoms with E-state index in [1.165, 1.54) is 0 Å². The average molecular weight is 259 g/mol. The fraction of sp³-hybridized carbons (Fsp3) is 0.500. The monoisotopic (exact) mass is 259 g/mol. The van der Waals surface area contributed by atoms with Gasteiger partial charge in [0.15, 0.2) is 0 Å². The minimum Gasteiger partial charge on any atom is -0.351 e. The zero-order valence-electron chi connectivity index (χ0n) is 11.5. The molecule has 2 rings (SSSR count). The number of benzene rings is 1. The van der Waals surface area contributed by atoms with Crippen molar-refractivity contribution in [3.8, 4) is 0 Å². The minimum atomic E-state index is 0.116. The number of para-hydroxylation sites is 1. The maximum Gasteiger partial charge on any atom is 0.243 e. The number of rotatable bonds is 6. The van der Waals surface area contributed by atoms with E-state index in [0.29, 0.717) is 18.4 Å². The van der Waals surface area contributed by atoms with E-state index in [9.17, 15) is 0 Å². The van der Waals surface area contributed by atoms with Crippen molar-refractivity contribution in [3.63, 3.8) is 0 Å². The van der Waals surface area contributed by atoms with Crippen LogP contribution in [0.25, 0.3) is 11.0 Å². The molecule has 0 amide bonds. The molecule has 1 aromatic carbocycles. The van der Waals surface area contributed by atoms with Gasteiger partial charge in [-0.1, -0.05) is 38.8 Å². The Morgan fingerprint density at radius 2 is 1.79 bits per heavy atom. The molecule has 2 aromatic rings. The highest BCUT2D eigenvalue weighted by atomic mass is 15.2. The fourth-order valence-corrected chi connectivity index (χ4v) is 2.23. The molecule has 0 aliphatic heterocycles. The third kappa shape index (κ3) is 3.38. The summed E-state index contributed by atoms with van der Waals surface area (Å²) in [4.78, 5) is 4.42. The predicted molar refractivity (Wildman–Crippen MR) is 77.9 cm³/mol. The number of aromatic nitrogens is 3. The van der Waals surface area contributed by atoms with Crippen LogP contribution in [0.5, 0.6) is 0 Å². The Morgan fingerprint density at radius 1 is 1.11 bits per heavy atom. The average Bonchev–Trinajstić information content (AvgIpc) is 2.46. The lowest BCUT2D eigenvalue weighted by molar-refractivity contribution is 0.407. The summed E-state index contributed by atoms with van der Waals surface area (Å²) in [5.41, 5.74) is 7.81. The highest BCUT2D eigenvalue weighted by Gasteiger charge is 2.14. The summed E-state index contributed by atoms with van der Waals surface area (Å²) in [5, 5.41) is 11.4. The lowest BCUT2D eigenvalue weighted by Crippen LogP contribution is -2.36. The largest absolute Gasteiger partial charge is 0.351 e. The van der Waals surface area contributed by atoms with Crippen LogP contribution in [-0.2, 0) is 0 Å². The first kappa shape index (κ1) is 13.7. The zero-order valence-corrected chi connectivity index (χ0v) is 11.5. The summed E-state index contributed by atoms with van der Waals surface area (Å²) in [7, 11) is 0. The van der Waals surface area contributed by atoms with Crippen molar-refractivity contribution in [2.24, 2.45) is 11.7 Å². The summed E-state index contributed by atoms with van der Waals surface area (Å²) in [6.45, 7) is 5.01. The molecule has 5 nitrogen and oxygen atoms in total. The van der Waals surface area contributed by atoms with Crippen molar-refractivity contribution >= 4 is 17.0 Å². The number of hydrogen-bond donors (Lipinski definition) is 2. The summed E-state index contributed by atoms with van der Waals surface area (Å²) in [6.07, 6.45) is 2.19. The molecule has 0 spiro atoms. The molecule has 0 radical (unpaired) electrons. The number of nitrogens with one attached hydrogen (secondary N) is 1. The van der Waals surface area contributed by atoms with E-state index in [0.717, 1.165) is 23.9 Å². The van der Waals surface area contributed by atoms with E-state index < -0.39 is 0 Å². The van der Waals surface area contributed by atoms with Crippen LogP contribution in [0, 0.1) is 5.92 Å². The molecular weight excluding hydrogens is 238 g/mol. The molecule has 1 aromatic heterocycles. The van der Waals surface area contributed by atoms with Crippen molar-refractivity contribution < 1.29 is 0 Å². The van der Waals surface area contributed by atoms with Crippen molar-refractivity contribution in [1.29, 1.82) is 0 Å². The summed E-state index contributed by atoms with van der Waals surface area (Å²) in [6, 6.07) is 7.81. The van der Waals surface area contributed by atoms with E-state index in [1.807, 2.05) is 24.3 Å². The van der Waals surface area contributed by atoms with Gasteiger partial charge in [0.25, 0.3) is 0 Å². The van der Waals surface area contributed by atoms with Gasteiger partial charge in [0, 0.05) is 12.6 Å². The number of nitrogens with two attached hydrogens (primary N) is 1. The Balaban J connectivity index is 2.01. The van der Waals surface area contributed by atoms with Gasteiger partial charge in [0.1, 0.15) is 5.52 Å². The van der Waals surface area contributed by atoms with Crippen LogP contribution in [0.4, 0.5) is 5.95 Å². The molecule has 3 N–H and O–H groups in total. The van der Waals surface area contributed by atoms with Gasteiger partial charge in [-0.25, -0.2) is 4.98 Å². The smallest absolute Gasteiger partial charge is 0.243 e. The molecule has 0 fully saturated rings. The van der Waals surface area contributed by atoms with Crippen LogP contribution in [0.1, 0.15) is 26.7 Å². The van der Waals surface area contributed by atoms with E-state index in [-0.39, 0.29) is 6.04 Å². The molecule has 0 bridgehead atoms. The van der Waals surface area contributed by atoms with Crippen molar-refractivity contribution in [2.75, 3.05) is 11.9 Å². The molecule has 0 aliphatic rings. The van der Waals surface area contributed by atoms with E-state index >= 15 is 0 Å². The van der Waals surface area contributed by atoms with Gasteiger partial charge in [0.2, 0.25) is 5.95 Å². The van der Waals surface area contributed by atoms with Crippen LogP contribution in [0.2, 0.25) is 0 Å². The molecule has 102 valence electrons. The first-order valence-corrected chi connectivity index (χ1v) is 6.83. The van der Waals surface area contributed by atoms with Gasteiger partial charge in [-0.15, -0.1) is 10.2 Å². The standard InChI is InChI=1S/C14H21N5/c1-3-10(4-2)11(15)9-16-14-17-12-7-5-6-8-13(12)18-19-14/h5-8,10-11H,3-4,9,15H2,1-2H3,(H,16,17,19). The first-order chi connectivity index (χ1) is 9.24. The van der Waals surface area contributed by atoms with E-state index in [1.54, 1.807) is 0 Å². The molecule has 0 saturated heterocycles. The topological polar surface area (TPSA) is 76.7 Å². The number of fused-ring (bicyclic) bond motifs is 1. The van der Waals surface area contributed by atoms with Gasteiger partial charge in [0.05, 0.1) is 5.52 Å². The van der Waals surface area contributed by atoms with Crippen molar-refractivity contribution in [3.05, 3.63) is 24.3 Å². The second kappa shape index (κ2) is 6.43. The molecule has 1 atom stereocenters. The highest BCUT2D eigenvalue weighted by Crippen LogP contribution is 2.12. The second-order valence-corrected chi connectivity index (χ2v) is 4.75. The summed E-state index contributed by atoms with van der Waals surface area (Å²) >= 11 is 0. The Hall–Kier alpha value is -1.75. The lowest BCUT2D eigenvalue weighted by Gasteiger charge is -2.21. The van der Waals surface area contributed by atoms with Gasteiger partial charge in [-0.05, 0) is 18.1 Å². The van der Waals surface area contributed by atoms with Crippen molar-refractivity contribution in [2.45, 2.75) is 32.7 Å². The third-order valence-electron chi connectivity index (χ3n) is 3.51. The highest BCUT2D eigenvalue weighted by molar-refractivity contribution is 5.73. The molecule has 0 saturated carbocycles. The van der Waals surface area contributed by atoms with Crippen LogP contribution < -0.4 is 11.1 Å². The maximum absolute atomic E-state index is 6.16. The minimum absolute atomic E-state index is 0.116. The molecule has 1 heterocycles. The molecule has 5 heteroatoms. The second-order valence-electron chi connectivity index (χ2n) is 4.75. The Bertz CT molecular complexity index is 524. The quantitative estimate of drug-likeness (QED) is 0.831. The SMILES string of the molecule is CCC(CC)C(N)CNc1nnc2ccccc2n1. The van der Waals surface area contributed by atoms with Gasteiger partial charge < -0.3 is 11.1 Å². The van der Waals surface area contributed by atoms with Gasteiger partial charge in [-0.3, -0.25) is 0 Å². The number of hydrogen-bond acceptors (Lipinski definition) is 5. The van der Waals surface area contributed by atoms with Gasteiger partial charge >= 0.3 is 0 Å². The Morgan fingerprint density at radius 3 is 2.47 bits per heavy atom. The zero-order chi connectivity index (χ0) is 13.7. The van der Waals surface area contributed by atoms with Crippen LogP contribution in [-0.4, -0.2) is 27.8 Å². The normalized spacial score (nSPS) is 12.8. The molecule has 19 heavy (non-hydrogen) atoms. The maximum atomic E-state index is 6.16. The van der Waals surface area contributed by atoms with Crippen molar-refractivity contribution in [1.82, 2.24) is 15.2 Å². The third-order valence-corrected chi connectivity index (χ3v) is 3.51. The summed E-state index contributed by atoms with van der Waals surface area (Å²) < 4.78 is 0. The van der Waals surface area contributed by atoms with Gasteiger partial charge in [-0.2, -0.15) is 0 Å². The molecular formula is C14H21N5. The Kier molecular flexibility index (Phi) is 4.63. The summed E-state index contributed by atoms with van der Waals surface area (Å²) in [5.74, 6) is 1.07. The van der Waals surface area contributed by atoms with E-state index in [4.69, 9.17) is 5.73 Å². The van der Waals surface area contributed by atoms with E-state index in [2.05, 4.69) is 34.3 Å². The van der Waals surface area contributed by atoms with Crippen LogP contribution >= 0.6 is 0 Å². The van der Waals surface area contributed by atoms with Crippen LogP contribution in [0.3, 0.4) is 0 Å². The number of nitrogens with zero attached hydrogens (tertiary/aromatic N) is 3. The fourth-order valence-electron chi connectivity index (χ4n) is 2.23. The predicted octanol–water partition coefficient (Wildman–Crippen LogP) is 2.20.